The minimum Gasteiger partial charge on any atom is -0.0825 e. The highest BCUT2D eigenvalue weighted by molar-refractivity contribution is 5.02. The largest absolute Gasteiger partial charge is 0.0825 e. The van der Waals surface area contributed by atoms with E-state index >= 15 is 0 Å². The van der Waals surface area contributed by atoms with Crippen molar-refractivity contribution in [1.82, 2.24) is 0 Å². The summed E-state index contributed by atoms with van der Waals surface area (Å²) in [5.74, 6) is 0.584. The van der Waals surface area contributed by atoms with Crippen molar-refractivity contribution in [3.05, 3.63) is 18.6 Å². The van der Waals surface area contributed by atoms with Gasteiger partial charge in [0, 0.05) is 0 Å². The zero-order valence-corrected chi connectivity index (χ0v) is 6.90. The predicted octanol–water partition coefficient (Wildman–Crippen LogP) is 3.35. The first-order valence-corrected chi connectivity index (χ1v) is 4.29. The molecule has 0 N–H and O–H groups in total. The second-order valence-electron chi connectivity index (χ2n) is 3.37. The number of allylic oxidation sites excluding steroid dienone is 2. The molecule has 0 fully saturated rings. The van der Waals surface area contributed by atoms with Gasteiger partial charge in [-0.25, -0.2) is 0 Å². The number of hydrogen-bond acceptors (Lipinski definition) is 0. The molecule has 1 aliphatic carbocycles. The van der Waals surface area contributed by atoms with Gasteiger partial charge in [0.2, 0.25) is 0 Å². The lowest BCUT2D eigenvalue weighted by molar-refractivity contribution is 0.570. The summed E-state index contributed by atoms with van der Waals surface area (Å²) in [5, 5.41) is 0. The quantitative estimate of drug-likeness (QED) is 0.449. The zero-order valence-electron chi connectivity index (χ0n) is 6.90. The van der Waals surface area contributed by atoms with Crippen molar-refractivity contribution in [3.63, 3.8) is 0 Å². The Morgan fingerprint density at radius 1 is 1.40 bits per heavy atom. The Hall–Kier alpha value is -0.260. The molecule has 57 valence electrons. The Labute approximate surface area is 64.3 Å². The highest BCUT2D eigenvalue weighted by atomic mass is 14.1. The fourth-order valence-corrected chi connectivity index (χ4v) is 1.56. The first-order chi connectivity index (χ1) is 4.79. The second kappa shape index (κ2) is 3.80. The molecule has 0 aromatic carbocycles. The van der Waals surface area contributed by atoms with Crippen molar-refractivity contribution in [2.45, 2.75) is 39.0 Å². The van der Waals surface area contributed by atoms with Crippen molar-refractivity contribution in [1.29, 1.82) is 0 Å². The van der Waals surface area contributed by atoms with Crippen LogP contribution >= 0.6 is 0 Å². The fourth-order valence-electron chi connectivity index (χ4n) is 1.56. The third-order valence-corrected chi connectivity index (χ3v) is 2.17. The second-order valence-corrected chi connectivity index (χ2v) is 3.37. The van der Waals surface area contributed by atoms with Crippen molar-refractivity contribution >= 4 is 0 Å². The number of hydrogen-bond donors (Lipinski definition) is 0. The maximum absolute atomic E-state index is 4.07. The Morgan fingerprint density at radius 3 is 3.00 bits per heavy atom. The van der Waals surface area contributed by atoms with E-state index in [1.54, 1.807) is 5.57 Å². The van der Waals surface area contributed by atoms with E-state index in [0.29, 0.717) is 5.92 Å². The molecule has 0 aromatic heterocycles. The maximum atomic E-state index is 4.07. The molecule has 0 amide bonds. The van der Waals surface area contributed by atoms with E-state index in [-0.39, 0.29) is 0 Å². The first-order valence-electron chi connectivity index (χ1n) is 4.29. The number of rotatable bonds is 0. The SMILES string of the molecule is [CH2]C1C=C(C)CCCCC1. The van der Waals surface area contributed by atoms with Gasteiger partial charge in [0.1, 0.15) is 0 Å². The molecule has 1 rings (SSSR count). The van der Waals surface area contributed by atoms with E-state index in [2.05, 4.69) is 19.9 Å². The van der Waals surface area contributed by atoms with Gasteiger partial charge in [-0.3, -0.25) is 0 Å². The summed E-state index contributed by atoms with van der Waals surface area (Å²) in [7, 11) is 0. The molecule has 1 unspecified atom stereocenters. The minimum atomic E-state index is 0.584. The van der Waals surface area contributed by atoms with Crippen molar-refractivity contribution in [2.75, 3.05) is 0 Å². The fraction of sp³-hybridized carbons (Fsp3) is 0.700. The van der Waals surface area contributed by atoms with Gasteiger partial charge in [-0.1, -0.05) is 24.5 Å². The molecule has 1 atom stereocenters. The van der Waals surface area contributed by atoms with E-state index in [1.807, 2.05) is 0 Å². The van der Waals surface area contributed by atoms with E-state index in [0.717, 1.165) is 0 Å². The van der Waals surface area contributed by atoms with Crippen LogP contribution in [0.25, 0.3) is 0 Å². The van der Waals surface area contributed by atoms with Crippen LogP contribution in [0.2, 0.25) is 0 Å². The lowest BCUT2D eigenvalue weighted by Crippen LogP contribution is -1.95. The van der Waals surface area contributed by atoms with E-state index in [9.17, 15) is 0 Å². The summed E-state index contributed by atoms with van der Waals surface area (Å²) in [6.07, 6.45) is 9.08. The highest BCUT2D eigenvalue weighted by Crippen LogP contribution is 2.19. The molecule has 10 heavy (non-hydrogen) atoms. The van der Waals surface area contributed by atoms with Gasteiger partial charge in [-0.15, -0.1) is 0 Å². The Kier molecular flexibility index (Phi) is 2.98. The third kappa shape index (κ3) is 2.55. The van der Waals surface area contributed by atoms with Crippen LogP contribution in [0.1, 0.15) is 39.0 Å². The van der Waals surface area contributed by atoms with Gasteiger partial charge in [0.05, 0.1) is 0 Å². The highest BCUT2D eigenvalue weighted by Gasteiger charge is 2.02. The first kappa shape index (κ1) is 7.84. The minimum absolute atomic E-state index is 0.584. The van der Waals surface area contributed by atoms with Gasteiger partial charge in [-0.05, 0) is 39.0 Å². The topological polar surface area (TPSA) is 0 Å². The summed E-state index contributed by atoms with van der Waals surface area (Å²) in [4.78, 5) is 0. The van der Waals surface area contributed by atoms with E-state index in [4.69, 9.17) is 0 Å². The van der Waals surface area contributed by atoms with Crippen LogP contribution in [-0.2, 0) is 0 Å². The monoisotopic (exact) mass is 137 g/mol. The van der Waals surface area contributed by atoms with Gasteiger partial charge in [0.25, 0.3) is 0 Å². The lowest BCUT2D eigenvalue weighted by atomic mass is 9.94. The molecule has 1 radical (unpaired) electrons. The average molecular weight is 137 g/mol. The van der Waals surface area contributed by atoms with Gasteiger partial charge >= 0.3 is 0 Å². The molecule has 0 spiro atoms. The molecule has 0 aromatic rings. The van der Waals surface area contributed by atoms with Crippen LogP contribution < -0.4 is 0 Å². The van der Waals surface area contributed by atoms with Gasteiger partial charge in [0.15, 0.2) is 0 Å². The van der Waals surface area contributed by atoms with Crippen molar-refractivity contribution in [2.24, 2.45) is 5.92 Å². The van der Waals surface area contributed by atoms with E-state index in [1.165, 1.54) is 32.1 Å². The van der Waals surface area contributed by atoms with Crippen molar-refractivity contribution < 1.29 is 0 Å². The van der Waals surface area contributed by atoms with Crippen molar-refractivity contribution in [3.8, 4) is 0 Å². The maximum Gasteiger partial charge on any atom is -0.0231 e. The summed E-state index contributed by atoms with van der Waals surface area (Å²) in [6, 6.07) is 0. The third-order valence-electron chi connectivity index (χ3n) is 2.17. The Balaban J connectivity index is 2.46. The summed E-state index contributed by atoms with van der Waals surface area (Å²) < 4.78 is 0. The standard InChI is InChI=1S/C10H17/c1-9-6-4-3-5-7-10(2)8-9/h8-9H,1,3-7H2,2H3. The zero-order chi connectivity index (χ0) is 7.40. The van der Waals surface area contributed by atoms with E-state index < -0.39 is 0 Å². The molecule has 0 nitrogen and oxygen atoms in total. The van der Waals surface area contributed by atoms with Crippen LogP contribution in [0.3, 0.4) is 0 Å². The van der Waals surface area contributed by atoms with Crippen LogP contribution in [0.15, 0.2) is 11.6 Å². The van der Waals surface area contributed by atoms with Crippen LogP contribution in [0.5, 0.6) is 0 Å². The molecule has 0 saturated heterocycles. The molecule has 0 aliphatic heterocycles. The normalized spacial score (nSPS) is 28.6. The molecule has 0 bridgehead atoms. The molecule has 0 saturated carbocycles. The van der Waals surface area contributed by atoms with Gasteiger partial charge < -0.3 is 0 Å². The molecular formula is C10H17. The Morgan fingerprint density at radius 2 is 2.20 bits per heavy atom. The van der Waals surface area contributed by atoms with Crippen LogP contribution in [-0.4, -0.2) is 0 Å². The Bertz CT molecular complexity index is 122. The summed E-state index contributed by atoms with van der Waals surface area (Å²) >= 11 is 0. The summed E-state index contributed by atoms with van der Waals surface area (Å²) in [6.45, 7) is 6.30. The van der Waals surface area contributed by atoms with Crippen LogP contribution in [0.4, 0.5) is 0 Å². The molecular weight excluding hydrogens is 120 g/mol. The van der Waals surface area contributed by atoms with Crippen LogP contribution in [0, 0.1) is 12.8 Å². The average Bonchev–Trinajstić information content (AvgIpc) is 1.83. The smallest absolute Gasteiger partial charge is 0.0231 e. The lowest BCUT2D eigenvalue weighted by Gasteiger charge is -2.12. The molecule has 1 aliphatic rings. The predicted molar refractivity (Wildman–Crippen MR) is 45.7 cm³/mol. The summed E-state index contributed by atoms with van der Waals surface area (Å²) in [5.41, 5.74) is 1.54. The molecule has 0 heterocycles. The van der Waals surface area contributed by atoms with Gasteiger partial charge in [-0.2, -0.15) is 0 Å². The molecule has 0 heteroatoms.